The third-order valence-electron chi connectivity index (χ3n) is 2.71. The van der Waals surface area contributed by atoms with Gasteiger partial charge in [-0.15, -0.1) is 11.6 Å². The summed E-state index contributed by atoms with van der Waals surface area (Å²) in [7, 11) is 0. The van der Waals surface area contributed by atoms with Gasteiger partial charge in [0.25, 0.3) is 5.91 Å². The summed E-state index contributed by atoms with van der Waals surface area (Å²) in [6.45, 7) is 6.61. The highest BCUT2D eigenvalue weighted by atomic mass is 35.5. The average molecular weight is 270 g/mol. The van der Waals surface area contributed by atoms with E-state index in [1.54, 1.807) is 24.3 Å². The zero-order valence-corrected chi connectivity index (χ0v) is 11.8. The maximum absolute atomic E-state index is 12.0. The molecule has 0 aliphatic heterocycles. The quantitative estimate of drug-likeness (QED) is 0.806. The van der Waals surface area contributed by atoms with Crippen LogP contribution in [0.25, 0.3) is 0 Å². The van der Waals surface area contributed by atoms with Gasteiger partial charge in [-0.2, -0.15) is 0 Å². The molecule has 1 N–H and O–H groups in total. The van der Waals surface area contributed by atoms with Gasteiger partial charge in [0.1, 0.15) is 5.75 Å². The molecule has 1 amide bonds. The van der Waals surface area contributed by atoms with Crippen molar-refractivity contribution in [3.05, 3.63) is 29.8 Å². The van der Waals surface area contributed by atoms with Gasteiger partial charge < -0.3 is 10.1 Å². The molecule has 0 fully saturated rings. The lowest BCUT2D eigenvalue weighted by atomic mass is 10.1. The van der Waals surface area contributed by atoms with Gasteiger partial charge >= 0.3 is 0 Å². The number of benzene rings is 1. The van der Waals surface area contributed by atoms with Crippen molar-refractivity contribution >= 4 is 17.5 Å². The van der Waals surface area contributed by atoms with Crippen LogP contribution in [0.3, 0.4) is 0 Å². The fraction of sp³-hybridized carbons (Fsp3) is 0.500. The molecule has 1 aromatic rings. The molecule has 100 valence electrons. The topological polar surface area (TPSA) is 38.3 Å². The summed E-state index contributed by atoms with van der Waals surface area (Å²) in [6, 6.07) is 7.09. The minimum absolute atomic E-state index is 0.00858. The number of amides is 1. The Morgan fingerprint density at radius 2 is 1.94 bits per heavy atom. The maximum atomic E-state index is 12.0. The molecule has 18 heavy (non-hydrogen) atoms. The van der Waals surface area contributed by atoms with Gasteiger partial charge in [-0.1, -0.05) is 13.8 Å². The van der Waals surface area contributed by atoms with Gasteiger partial charge in [-0.05, 0) is 37.1 Å². The molecule has 1 unspecified atom stereocenters. The van der Waals surface area contributed by atoms with Gasteiger partial charge in [0.2, 0.25) is 0 Å². The number of alkyl halides is 1. The van der Waals surface area contributed by atoms with Gasteiger partial charge in [0.15, 0.2) is 0 Å². The molecule has 0 saturated carbocycles. The van der Waals surface area contributed by atoms with Gasteiger partial charge in [-0.3, -0.25) is 4.79 Å². The van der Waals surface area contributed by atoms with E-state index in [-0.39, 0.29) is 11.9 Å². The molecule has 0 aromatic heterocycles. The zero-order valence-electron chi connectivity index (χ0n) is 11.1. The second-order valence-corrected chi connectivity index (χ2v) is 4.74. The van der Waals surface area contributed by atoms with Gasteiger partial charge in [0.05, 0.1) is 6.61 Å². The van der Waals surface area contributed by atoms with Crippen molar-refractivity contribution in [2.24, 2.45) is 5.92 Å². The monoisotopic (exact) mass is 269 g/mol. The van der Waals surface area contributed by atoms with Crippen LogP contribution in [0.15, 0.2) is 24.3 Å². The molecule has 1 atom stereocenters. The van der Waals surface area contributed by atoms with E-state index in [9.17, 15) is 4.79 Å². The first kappa shape index (κ1) is 14.8. The first-order valence-corrected chi connectivity index (χ1v) is 6.71. The molecule has 0 saturated heterocycles. The summed E-state index contributed by atoms with van der Waals surface area (Å²) in [5.41, 5.74) is 0.620. The SMILES string of the molecule is CCOc1ccc(C(=O)NC(CCl)C(C)C)cc1. The number of hydrogen-bond acceptors (Lipinski definition) is 2. The van der Waals surface area contributed by atoms with Crippen LogP contribution in [-0.4, -0.2) is 24.4 Å². The van der Waals surface area contributed by atoms with Crippen molar-refractivity contribution in [3.8, 4) is 5.75 Å². The Kier molecular flexibility index (Phi) is 5.99. The molecule has 1 rings (SSSR count). The summed E-state index contributed by atoms with van der Waals surface area (Å²) in [6.07, 6.45) is 0. The van der Waals surface area contributed by atoms with Crippen molar-refractivity contribution in [1.29, 1.82) is 0 Å². The van der Waals surface area contributed by atoms with Crippen molar-refractivity contribution in [3.63, 3.8) is 0 Å². The van der Waals surface area contributed by atoms with Crippen LogP contribution in [0, 0.1) is 5.92 Å². The number of ether oxygens (including phenoxy) is 1. The fourth-order valence-electron chi connectivity index (χ4n) is 1.50. The third-order valence-corrected chi connectivity index (χ3v) is 3.05. The van der Waals surface area contributed by atoms with Gasteiger partial charge in [-0.25, -0.2) is 0 Å². The molecule has 0 bridgehead atoms. The lowest BCUT2D eigenvalue weighted by molar-refractivity contribution is 0.0931. The molecule has 0 radical (unpaired) electrons. The number of rotatable bonds is 6. The zero-order chi connectivity index (χ0) is 13.5. The Morgan fingerprint density at radius 3 is 2.39 bits per heavy atom. The predicted molar refractivity (Wildman–Crippen MR) is 74.4 cm³/mol. The van der Waals surface area contributed by atoms with E-state index in [1.165, 1.54) is 0 Å². The highest BCUT2D eigenvalue weighted by Gasteiger charge is 2.15. The Hall–Kier alpha value is -1.22. The lowest BCUT2D eigenvalue weighted by Crippen LogP contribution is -2.39. The van der Waals surface area contributed by atoms with Crippen molar-refractivity contribution in [2.75, 3.05) is 12.5 Å². The molecular formula is C14H20ClNO2. The number of hydrogen-bond donors (Lipinski definition) is 1. The average Bonchev–Trinajstić information content (AvgIpc) is 2.36. The maximum Gasteiger partial charge on any atom is 0.251 e. The van der Waals surface area contributed by atoms with E-state index in [0.717, 1.165) is 5.75 Å². The van der Waals surface area contributed by atoms with Crippen LogP contribution >= 0.6 is 11.6 Å². The largest absolute Gasteiger partial charge is 0.494 e. The lowest BCUT2D eigenvalue weighted by Gasteiger charge is -2.19. The number of carbonyl (C=O) groups excluding carboxylic acids is 1. The molecule has 1 aromatic carbocycles. The molecule has 0 heterocycles. The molecule has 3 nitrogen and oxygen atoms in total. The van der Waals surface area contributed by atoms with Crippen LogP contribution < -0.4 is 10.1 Å². The highest BCUT2D eigenvalue weighted by Crippen LogP contribution is 2.13. The van der Waals surface area contributed by atoms with Crippen molar-refractivity contribution in [2.45, 2.75) is 26.8 Å². The Labute approximate surface area is 113 Å². The van der Waals surface area contributed by atoms with Crippen molar-refractivity contribution < 1.29 is 9.53 Å². The summed E-state index contributed by atoms with van der Waals surface area (Å²) in [4.78, 5) is 12.0. The van der Waals surface area contributed by atoms with E-state index >= 15 is 0 Å². The van der Waals surface area contributed by atoms with E-state index in [2.05, 4.69) is 5.32 Å². The standard InChI is InChI=1S/C14H20ClNO2/c1-4-18-12-7-5-11(6-8-12)14(17)16-13(9-15)10(2)3/h5-8,10,13H,4,9H2,1-3H3,(H,16,17). The van der Waals surface area contributed by atoms with E-state index < -0.39 is 0 Å². The minimum atomic E-state index is -0.0996. The second-order valence-electron chi connectivity index (χ2n) is 4.44. The Balaban J connectivity index is 2.66. The molecule has 0 aliphatic carbocycles. The van der Waals surface area contributed by atoms with Crippen LogP contribution in [0.5, 0.6) is 5.75 Å². The summed E-state index contributed by atoms with van der Waals surface area (Å²) >= 11 is 5.83. The number of halogens is 1. The molecule has 0 aliphatic rings. The fourth-order valence-corrected chi connectivity index (χ4v) is 1.94. The normalized spacial score (nSPS) is 12.3. The Morgan fingerprint density at radius 1 is 1.33 bits per heavy atom. The first-order chi connectivity index (χ1) is 8.58. The second kappa shape index (κ2) is 7.27. The minimum Gasteiger partial charge on any atom is -0.494 e. The smallest absolute Gasteiger partial charge is 0.251 e. The summed E-state index contributed by atoms with van der Waals surface area (Å²) in [5.74, 6) is 1.40. The van der Waals surface area contributed by atoms with Crippen LogP contribution in [0.1, 0.15) is 31.1 Å². The molecule has 4 heteroatoms. The van der Waals surface area contributed by atoms with Crippen LogP contribution in [0.2, 0.25) is 0 Å². The molecular weight excluding hydrogens is 250 g/mol. The van der Waals surface area contributed by atoms with Crippen LogP contribution in [0.4, 0.5) is 0 Å². The predicted octanol–water partition coefficient (Wildman–Crippen LogP) is 3.08. The highest BCUT2D eigenvalue weighted by molar-refractivity contribution is 6.18. The summed E-state index contributed by atoms with van der Waals surface area (Å²) < 4.78 is 5.33. The van der Waals surface area contributed by atoms with Crippen molar-refractivity contribution in [1.82, 2.24) is 5.32 Å². The van der Waals surface area contributed by atoms with E-state index in [1.807, 2.05) is 20.8 Å². The van der Waals surface area contributed by atoms with E-state index in [4.69, 9.17) is 16.3 Å². The first-order valence-electron chi connectivity index (χ1n) is 6.18. The third kappa shape index (κ3) is 4.22. The summed E-state index contributed by atoms with van der Waals surface area (Å²) in [5, 5.41) is 2.92. The van der Waals surface area contributed by atoms with Crippen LogP contribution in [-0.2, 0) is 0 Å². The number of nitrogens with one attached hydrogen (secondary N) is 1. The van der Waals surface area contributed by atoms with Gasteiger partial charge in [0, 0.05) is 17.5 Å². The Bertz CT molecular complexity index is 376. The number of carbonyl (C=O) groups is 1. The van der Waals surface area contributed by atoms with E-state index in [0.29, 0.717) is 24.0 Å². The molecule has 0 spiro atoms.